The molecule has 1 heterocycles. The van der Waals surface area contributed by atoms with Crippen molar-refractivity contribution < 1.29 is 4.43 Å². The Hall–Kier alpha value is -0.223. The lowest BCUT2D eigenvalue weighted by atomic mass is 9.83. The molecule has 7 unspecified atom stereocenters. The summed E-state index contributed by atoms with van der Waals surface area (Å²) in [5.41, 5.74) is 0.00328. The molecule has 0 aromatic carbocycles. The first-order valence-corrected chi connectivity index (χ1v) is 10.4. The normalized spacial score (nSPS) is 58.4. The standard InChI is InChI=1S/C13H22N2OSi/c1-13(16-17(2,3)4)9-6-7-5-8(9)10-11(7)14-15-12(10)13/h7-12H,5-6H2,1-4H3. The molecule has 0 radical (unpaired) electrons. The Bertz CT molecular complexity index is 405. The molecule has 3 aliphatic carbocycles. The van der Waals surface area contributed by atoms with Gasteiger partial charge in [0.1, 0.15) is 6.04 Å². The maximum atomic E-state index is 6.61. The van der Waals surface area contributed by atoms with Crippen molar-refractivity contribution in [2.75, 3.05) is 0 Å². The van der Waals surface area contributed by atoms with E-state index in [1.807, 2.05) is 0 Å². The molecule has 0 N–H and O–H groups in total. The van der Waals surface area contributed by atoms with Crippen molar-refractivity contribution in [2.45, 2.75) is 57.1 Å². The zero-order chi connectivity index (χ0) is 12.0. The fourth-order valence-corrected chi connectivity index (χ4v) is 6.96. The predicted octanol–water partition coefficient (Wildman–Crippen LogP) is 3.09. The van der Waals surface area contributed by atoms with Gasteiger partial charge in [0.25, 0.3) is 0 Å². The minimum Gasteiger partial charge on any atom is -0.410 e. The molecule has 4 rings (SSSR count). The summed E-state index contributed by atoms with van der Waals surface area (Å²) in [6, 6.07) is 0.940. The van der Waals surface area contributed by atoms with Gasteiger partial charge in [-0.2, -0.15) is 10.2 Å². The SMILES string of the molecule is CC1(O[Si](C)(C)C)C2CC3CC2C2C3N=NC21. The summed E-state index contributed by atoms with van der Waals surface area (Å²) in [4.78, 5) is 0. The van der Waals surface area contributed by atoms with Gasteiger partial charge in [-0.25, -0.2) is 0 Å². The molecule has 4 aliphatic rings. The second-order valence-electron chi connectivity index (χ2n) is 7.64. The molecule has 1 aliphatic heterocycles. The third-order valence-corrected chi connectivity index (χ3v) is 6.61. The lowest BCUT2D eigenvalue weighted by molar-refractivity contribution is 0.0205. The second kappa shape index (κ2) is 2.85. The molecule has 3 fully saturated rings. The highest BCUT2D eigenvalue weighted by atomic mass is 28.4. The van der Waals surface area contributed by atoms with Crippen molar-refractivity contribution in [3.05, 3.63) is 0 Å². The van der Waals surface area contributed by atoms with Gasteiger partial charge in [-0.15, -0.1) is 0 Å². The zero-order valence-corrected chi connectivity index (χ0v) is 12.2. The fourth-order valence-electron chi connectivity index (χ4n) is 5.37. The molecule has 0 aromatic heterocycles. The summed E-state index contributed by atoms with van der Waals surface area (Å²) >= 11 is 0. The molecule has 0 amide bonds. The first-order chi connectivity index (χ1) is 7.90. The number of rotatable bonds is 2. The topological polar surface area (TPSA) is 34.0 Å². The van der Waals surface area contributed by atoms with Gasteiger partial charge in [-0.3, -0.25) is 0 Å². The highest BCUT2D eigenvalue weighted by molar-refractivity contribution is 6.69. The Morgan fingerprint density at radius 3 is 2.65 bits per heavy atom. The number of nitrogens with zero attached hydrogens (tertiary/aromatic N) is 2. The molecule has 0 aromatic rings. The molecule has 3 nitrogen and oxygen atoms in total. The summed E-state index contributed by atoms with van der Waals surface area (Å²) in [6.45, 7) is 9.24. The Kier molecular flexibility index (Phi) is 1.79. The highest BCUT2D eigenvalue weighted by Gasteiger charge is 2.71. The molecule has 94 valence electrons. The quantitative estimate of drug-likeness (QED) is 0.693. The Morgan fingerprint density at radius 1 is 1.18 bits per heavy atom. The first kappa shape index (κ1) is 10.7. The van der Waals surface area contributed by atoms with Crippen LogP contribution >= 0.6 is 0 Å². The van der Waals surface area contributed by atoms with E-state index in [0.717, 1.165) is 23.7 Å². The van der Waals surface area contributed by atoms with Crippen molar-refractivity contribution >= 4 is 8.32 Å². The largest absolute Gasteiger partial charge is 0.410 e. The van der Waals surface area contributed by atoms with Crippen LogP contribution in [0, 0.1) is 23.7 Å². The van der Waals surface area contributed by atoms with Gasteiger partial charge in [0.05, 0.1) is 11.6 Å². The third-order valence-electron chi connectivity index (χ3n) is 5.56. The third kappa shape index (κ3) is 1.16. The molecule has 7 atom stereocenters. The van der Waals surface area contributed by atoms with Crippen LogP contribution in [0.3, 0.4) is 0 Å². The van der Waals surface area contributed by atoms with Gasteiger partial charge in [-0.1, -0.05) is 0 Å². The number of azo groups is 1. The van der Waals surface area contributed by atoms with Gasteiger partial charge in [0.15, 0.2) is 8.32 Å². The number of fused-ring (bicyclic) bond motifs is 2. The average molecular weight is 250 g/mol. The van der Waals surface area contributed by atoms with E-state index in [2.05, 4.69) is 36.8 Å². The molecule has 3 saturated carbocycles. The molecular weight excluding hydrogens is 228 g/mol. The molecule has 0 saturated heterocycles. The van der Waals surface area contributed by atoms with E-state index < -0.39 is 8.32 Å². The smallest absolute Gasteiger partial charge is 0.184 e. The fraction of sp³-hybridized carbons (Fsp3) is 1.00. The van der Waals surface area contributed by atoms with Crippen LogP contribution in [-0.2, 0) is 4.43 Å². The second-order valence-corrected chi connectivity index (χ2v) is 12.1. The van der Waals surface area contributed by atoms with Crippen LogP contribution in [0.1, 0.15) is 19.8 Å². The lowest BCUT2D eigenvalue weighted by Gasteiger charge is -2.39. The first-order valence-electron chi connectivity index (χ1n) is 7.00. The van der Waals surface area contributed by atoms with Crippen LogP contribution < -0.4 is 0 Å². The maximum Gasteiger partial charge on any atom is 0.184 e. The summed E-state index contributed by atoms with van der Waals surface area (Å²) < 4.78 is 6.61. The van der Waals surface area contributed by atoms with E-state index >= 15 is 0 Å². The maximum absolute atomic E-state index is 6.61. The van der Waals surface area contributed by atoms with E-state index in [0.29, 0.717) is 12.1 Å². The van der Waals surface area contributed by atoms with Gasteiger partial charge < -0.3 is 4.43 Å². The highest BCUT2D eigenvalue weighted by Crippen LogP contribution is 2.68. The van der Waals surface area contributed by atoms with Crippen LogP contribution in [-0.4, -0.2) is 26.0 Å². The van der Waals surface area contributed by atoms with Crippen molar-refractivity contribution in [2.24, 2.45) is 33.9 Å². The van der Waals surface area contributed by atoms with Gasteiger partial charge in [0.2, 0.25) is 0 Å². The Morgan fingerprint density at radius 2 is 1.94 bits per heavy atom. The van der Waals surface area contributed by atoms with Crippen molar-refractivity contribution in [1.82, 2.24) is 0 Å². The van der Waals surface area contributed by atoms with Crippen molar-refractivity contribution in [1.29, 1.82) is 0 Å². The van der Waals surface area contributed by atoms with Crippen LogP contribution in [0.25, 0.3) is 0 Å². The van der Waals surface area contributed by atoms with Gasteiger partial charge >= 0.3 is 0 Å². The van der Waals surface area contributed by atoms with Crippen molar-refractivity contribution in [3.63, 3.8) is 0 Å². The number of hydrogen-bond donors (Lipinski definition) is 0. The van der Waals surface area contributed by atoms with E-state index in [-0.39, 0.29) is 5.60 Å². The van der Waals surface area contributed by atoms with Crippen LogP contribution in [0.4, 0.5) is 0 Å². The molecule has 17 heavy (non-hydrogen) atoms. The Balaban J connectivity index is 1.76. The number of hydrogen-bond acceptors (Lipinski definition) is 3. The van der Waals surface area contributed by atoms with Gasteiger partial charge in [-0.05, 0) is 57.2 Å². The van der Waals surface area contributed by atoms with Crippen molar-refractivity contribution in [3.8, 4) is 0 Å². The van der Waals surface area contributed by atoms with E-state index in [9.17, 15) is 0 Å². The molecule has 2 bridgehead atoms. The lowest BCUT2D eigenvalue weighted by Crippen LogP contribution is -2.49. The molecular formula is C13H22N2OSi. The molecule has 0 spiro atoms. The predicted molar refractivity (Wildman–Crippen MR) is 68.5 cm³/mol. The molecule has 4 heteroatoms. The zero-order valence-electron chi connectivity index (χ0n) is 11.2. The van der Waals surface area contributed by atoms with Crippen LogP contribution in [0.15, 0.2) is 10.2 Å². The summed E-state index contributed by atoms with van der Waals surface area (Å²) in [5.74, 6) is 3.20. The average Bonchev–Trinajstić information content (AvgIpc) is 2.86. The van der Waals surface area contributed by atoms with E-state index in [1.165, 1.54) is 12.8 Å². The van der Waals surface area contributed by atoms with E-state index in [4.69, 9.17) is 4.43 Å². The van der Waals surface area contributed by atoms with Crippen LogP contribution in [0.2, 0.25) is 19.6 Å². The minimum absolute atomic E-state index is 0.00328. The van der Waals surface area contributed by atoms with E-state index in [1.54, 1.807) is 0 Å². The summed E-state index contributed by atoms with van der Waals surface area (Å²) in [5, 5.41) is 9.21. The summed E-state index contributed by atoms with van der Waals surface area (Å²) in [7, 11) is -1.51. The Labute approximate surface area is 104 Å². The summed E-state index contributed by atoms with van der Waals surface area (Å²) in [6.07, 6.45) is 2.75. The van der Waals surface area contributed by atoms with Crippen LogP contribution in [0.5, 0.6) is 0 Å². The monoisotopic (exact) mass is 250 g/mol. The van der Waals surface area contributed by atoms with Gasteiger partial charge in [0, 0.05) is 5.92 Å². The minimum atomic E-state index is -1.51.